The second-order valence-electron chi connectivity index (χ2n) is 3.53. The average molecular weight is 299 g/mol. The van der Waals surface area contributed by atoms with Gasteiger partial charge in [-0.25, -0.2) is 4.79 Å². The molecule has 0 heterocycles. The molecule has 0 radical (unpaired) electrons. The van der Waals surface area contributed by atoms with Crippen LogP contribution < -0.4 is 20.9 Å². The summed E-state index contributed by atoms with van der Waals surface area (Å²) in [7, 11) is 2.72. The molecule has 0 fully saturated rings. The summed E-state index contributed by atoms with van der Waals surface area (Å²) in [6.45, 7) is 0. The lowest BCUT2D eigenvalue weighted by molar-refractivity contribution is -0.136. The van der Waals surface area contributed by atoms with Gasteiger partial charge in [-0.1, -0.05) is 17.7 Å². The van der Waals surface area contributed by atoms with E-state index in [1.807, 2.05) is 0 Å². The summed E-state index contributed by atoms with van der Waals surface area (Å²) >= 11 is 5.67. The van der Waals surface area contributed by atoms with Crippen LogP contribution in [0, 0.1) is 0 Å². The Balaban J connectivity index is 3.08. The standard InChI is InChI=1S/C13H15ClN2O4/c1-18-8-4-3-5-9(6-8)20-10(7-15)11(12(14)16)13(17)19-2/h3-7H,15-16H2,1-2H3/b10-7+,12-11+. The van der Waals surface area contributed by atoms with Crippen LogP contribution in [-0.4, -0.2) is 20.2 Å². The number of benzene rings is 1. The van der Waals surface area contributed by atoms with E-state index in [1.165, 1.54) is 14.2 Å². The van der Waals surface area contributed by atoms with Gasteiger partial charge in [0.25, 0.3) is 0 Å². The first-order valence-electron chi connectivity index (χ1n) is 5.51. The van der Waals surface area contributed by atoms with Crippen LogP contribution in [-0.2, 0) is 9.53 Å². The van der Waals surface area contributed by atoms with E-state index in [9.17, 15) is 4.79 Å². The van der Waals surface area contributed by atoms with Crippen LogP contribution in [0.3, 0.4) is 0 Å². The van der Waals surface area contributed by atoms with Gasteiger partial charge < -0.3 is 25.7 Å². The minimum Gasteiger partial charge on any atom is -0.497 e. The van der Waals surface area contributed by atoms with Crippen molar-refractivity contribution in [2.45, 2.75) is 0 Å². The number of hydrogen-bond acceptors (Lipinski definition) is 6. The molecule has 108 valence electrons. The number of esters is 1. The molecule has 4 N–H and O–H groups in total. The maximum atomic E-state index is 11.6. The highest BCUT2D eigenvalue weighted by atomic mass is 35.5. The van der Waals surface area contributed by atoms with Gasteiger partial charge in [-0.15, -0.1) is 0 Å². The summed E-state index contributed by atoms with van der Waals surface area (Å²) in [5.41, 5.74) is 10.7. The third kappa shape index (κ3) is 3.83. The van der Waals surface area contributed by atoms with Crippen LogP contribution in [0.5, 0.6) is 11.5 Å². The lowest BCUT2D eigenvalue weighted by atomic mass is 10.2. The van der Waals surface area contributed by atoms with Gasteiger partial charge in [-0.2, -0.15) is 0 Å². The lowest BCUT2D eigenvalue weighted by Gasteiger charge is -2.12. The summed E-state index contributed by atoms with van der Waals surface area (Å²) in [6.07, 6.45) is 1.07. The molecular formula is C13H15ClN2O4. The monoisotopic (exact) mass is 298 g/mol. The van der Waals surface area contributed by atoms with Crippen LogP contribution in [0.15, 0.2) is 47.0 Å². The number of methoxy groups -OCH3 is 2. The van der Waals surface area contributed by atoms with Crippen molar-refractivity contribution in [3.05, 3.63) is 47.0 Å². The number of ether oxygens (including phenoxy) is 3. The van der Waals surface area contributed by atoms with Gasteiger partial charge in [0.15, 0.2) is 5.76 Å². The van der Waals surface area contributed by atoms with E-state index < -0.39 is 5.97 Å². The Kier molecular flexibility index (Phi) is 5.74. The topological polar surface area (TPSA) is 96.8 Å². The first-order valence-corrected chi connectivity index (χ1v) is 5.89. The number of rotatable bonds is 5. The SMILES string of the molecule is COC(=O)C(=C(/N)Cl)/C(=C\N)Oc1cccc(OC)c1. The zero-order chi connectivity index (χ0) is 15.1. The number of carbonyl (C=O) groups is 1. The Morgan fingerprint density at radius 3 is 2.45 bits per heavy atom. The van der Waals surface area contributed by atoms with Crippen LogP contribution in [0.2, 0.25) is 0 Å². The molecule has 0 spiro atoms. The van der Waals surface area contributed by atoms with E-state index in [4.69, 9.17) is 32.5 Å². The Labute approximate surface area is 121 Å². The van der Waals surface area contributed by atoms with Crippen molar-refractivity contribution in [1.29, 1.82) is 0 Å². The van der Waals surface area contributed by atoms with E-state index in [1.54, 1.807) is 24.3 Å². The first-order chi connectivity index (χ1) is 9.53. The molecule has 7 heteroatoms. The molecule has 0 atom stereocenters. The molecule has 0 bridgehead atoms. The third-order valence-corrected chi connectivity index (χ3v) is 2.48. The maximum Gasteiger partial charge on any atom is 0.344 e. The Morgan fingerprint density at radius 1 is 1.30 bits per heavy atom. The number of hydrogen-bond donors (Lipinski definition) is 2. The molecule has 0 aliphatic carbocycles. The molecule has 0 saturated carbocycles. The van der Waals surface area contributed by atoms with Gasteiger partial charge in [-0.05, 0) is 12.1 Å². The van der Waals surface area contributed by atoms with E-state index in [0.29, 0.717) is 11.5 Å². The van der Waals surface area contributed by atoms with Gasteiger partial charge in [-0.3, -0.25) is 0 Å². The number of carbonyl (C=O) groups excluding carboxylic acids is 1. The van der Waals surface area contributed by atoms with Gasteiger partial charge in [0.1, 0.15) is 22.2 Å². The lowest BCUT2D eigenvalue weighted by Crippen LogP contribution is -2.16. The zero-order valence-corrected chi connectivity index (χ0v) is 11.8. The largest absolute Gasteiger partial charge is 0.497 e. The van der Waals surface area contributed by atoms with Crippen molar-refractivity contribution in [2.24, 2.45) is 11.5 Å². The van der Waals surface area contributed by atoms with Crippen molar-refractivity contribution in [3.63, 3.8) is 0 Å². The van der Waals surface area contributed by atoms with Gasteiger partial charge in [0.05, 0.1) is 14.2 Å². The molecule has 1 aromatic carbocycles. The molecule has 0 aliphatic heterocycles. The fraction of sp³-hybridized carbons (Fsp3) is 0.154. The zero-order valence-electron chi connectivity index (χ0n) is 11.1. The summed E-state index contributed by atoms with van der Waals surface area (Å²) < 4.78 is 15.1. The average Bonchev–Trinajstić information content (AvgIpc) is 2.45. The molecule has 0 aromatic heterocycles. The molecule has 0 aliphatic rings. The van der Waals surface area contributed by atoms with E-state index in [0.717, 1.165) is 6.20 Å². The van der Waals surface area contributed by atoms with Crippen LogP contribution >= 0.6 is 11.6 Å². The predicted molar refractivity (Wildman–Crippen MR) is 75.0 cm³/mol. The van der Waals surface area contributed by atoms with Crippen molar-refractivity contribution >= 4 is 17.6 Å². The van der Waals surface area contributed by atoms with Crippen LogP contribution in [0.25, 0.3) is 0 Å². The fourth-order valence-corrected chi connectivity index (χ4v) is 1.55. The van der Waals surface area contributed by atoms with Crippen LogP contribution in [0.1, 0.15) is 0 Å². The van der Waals surface area contributed by atoms with Crippen molar-refractivity contribution in [3.8, 4) is 11.5 Å². The molecule has 0 amide bonds. The number of halogens is 1. The second-order valence-corrected chi connectivity index (χ2v) is 3.93. The molecule has 0 saturated heterocycles. The molecule has 0 unspecified atom stereocenters. The minimum absolute atomic E-state index is 0.0161. The Morgan fingerprint density at radius 2 is 1.95 bits per heavy atom. The molecular weight excluding hydrogens is 284 g/mol. The fourth-order valence-electron chi connectivity index (χ4n) is 1.38. The maximum absolute atomic E-state index is 11.6. The summed E-state index contributed by atoms with van der Waals surface area (Å²) in [5.74, 6) is 0.219. The number of nitrogens with two attached hydrogens (primary N) is 2. The highest BCUT2D eigenvalue weighted by Gasteiger charge is 2.21. The highest BCUT2D eigenvalue weighted by Crippen LogP contribution is 2.24. The Hall–Kier alpha value is -2.34. The van der Waals surface area contributed by atoms with Crippen molar-refractivity contribution < 1.29 is 19.0 Å². The molecule has 1 rings (SSSR count). The van der Waals surface area contributed by atoms with Crippen molar-refractivity contribution in [2.75, 3.05) is 14.2 Å². The van der Waals surface area contributed by atoms with E-state index in [2.05, 4.69) is 4.74 Å². The summed E-state index contributed by atoms with van der Waals surface area (Å²) in [6, 6.07) is 6.73. The van der Waals surface area contributed by atoms with Gasteiger partial charge in [0, 0.05) is 12.3 Å². The normalized spacial score (nSPS) is 12.4. The second kappa shape index (κ2) is 7.30. The van der Waals surface area contributed by atoms with Gasteiger partial charge in [0.2, 0.25) is 0 Å². The predicted octanol–water partition coefficient (Wildman–Crippen LogP) is 1.46. The minimum atomic E-state index is -0.753. The van der Waals surface area contributed by atoms with E-state index in [-0.39, 0.29) is 16.5 Å². The quantitative estimate of drug-likeness (QED) is 0.281. The molecule has 6 nitrogen and oxygen atoms in total. The first kappa shape index (κ1) is 15.7. The summed E-state index contributed by atoms with van der Waals surface area (Å²) in [4.78, 5) is 11.6. The van der Waals surface area contributed by atoms with Gasteiger partial charge >= 0.3 is 5.97 Å². The third-order valence-electron chi connectivity index (χ3n) is 2.30. The molecule has 20 heavy (non-hydrogen) atoms. The van der Waals surface area contributed by atoms with E-state index >= 15 is 0 Å². The summed E-state index contributed by atoms with van der Waals surface area (Å²) in [5, 5.41) is -0.281. The Bertz CT molecular complexity index is 551. The van der Waals surface area contributed by atoms with Crippen molar-refractivity contribution in [1.82, 2.24) is 0 Å². The smallest absolute Gasteiger partial charge is 0.344 e. The van der Waals surface area contributed by atoms with Crippen LogP contribution in [0.4, 0.5) is 0 Å². The molecule has 1 aromatic rings. The highest BCUT2D eigenvalue weighted by molar-refractivity contribution is 6.31.